The molecular weight excluding hydrogens is 498 g/mol. The van der Waals surface area contributed by atoms with Crippen LogP contribution in [0, 0.1) is 0 Å². The molecule has 0 saturated heterocycles. The van der Waals surface area contributed by atoms with Crippen molar-refractivity contribution in [2.75, 3.05) is 39.4 Å². The summed E-state index contributed by atoms with van der Waals surface area (Å²) in [5, 5.41) is 3.40. The van der Waals surface area contributed by atoms with E-state index in [1.165, 1.54) is 0 Å². The number of carbonyl (C=O) groups excluding carboxylic acids is 2. The molecule has 0 radical (unpaired) electrons. The van der Waals surface area contributed by atoms with E-state index in [-0.39, 0.29) is 19.6 Å². The number of carbonyl (C=O) groups is 2. The highest BCUT2D eigenvalue weighted by atomic mass is 16.6. The van der Waals surface area contributed by atoms with E-state index in [0.717, 1.165) is 16.9 Å². The van der Waals surface area contributed by atoms with Crippen molar-refractivity contribution >= 4 is 12.2 Å². The van der Waals surface area contributed by atoms with Crippen molar-refractivity contribution in [2.24, 2.45) is 0 Å². The van der Waals surface area contributed by atoms with Gasteiger partial charge in [-0.2, -0.15) is 0 Å². The zero-order chi connectivity index (χ0) is 28.5. The molecule has 1 aliphatic rings. The lowest BCUT2D eigenvalue weighted by molar-refractivity contribution is 0.0124. The zero-order valence-electron chi connectivity index (χ0n) is 24.1. The molecule has 214 valence electrons. The van der Waals surface area contributed by atoms with E-state index in [1.54, 1.807) is 9.80 Å². The highest BCUT2D eigenvalue weighted by Crippen LogP contribution is 2.23. The van der Waals surface area contributed by atoms with Gasteiger partial charge in [0.25, 0.3) is 0 Å². The van der Waals surface area contributed by atoms with Crippen LogP contribution in [-0.2, 0) is 22.6 Å². The number of amides is 2. The Hall–Kier alpha value is -3.46. The summed E-state index contributed by atoms with van der Waals surface area (Å²) in [5.74, 6) is 1.45. The summed E-state index contributed by atoms with van der Waals surface area (Å²) in [6, 6.07) is 15.5. The number of ether oxygens (including phenoxy) is 4. The molecule has 2 aromatic rings. The van der Waals surface area contributed by atoms with Crippen LogP contribution in [0.4, 0.5) is 9.59 Å². The van der Waals surface area contributed by atoms with Gasteiger partial charge in [0, 0.05) is 43.9 Å². The standard InChI is InChI=1S/C30H43N3O6/c1-29(2,3)38-27(34)32-16-15-31-21-23-11-7-9-13-25(23)36-19-20-37-26-14-10-8-12-24(26)22-33(18-17-32)28(35)39-30(4,5)6/h7-14,31H,15-22H2,1-6H3. The predicted molar refractivity (Wildman–Crippen MR) is 150 cm³/mol. The van der Waals surface area contributed by atoms with E-state index in [9.17, 15) is 9.59 Å². The van der Waals surface area contributed by atoms with Gasteiger partial charge in [0.05, 0.1) is 6.54 Å². The average Bonchev–Trinajstić information content (AvgIpc) is 2.84. The first-order valence-corrected chi connectivity index (χ1v) is 13.5. The number of nitrogens with zero attached hydrogens (tertiary/aromatic N) is 2. The Morgan fingerprint density at radius 1 is 0.718 bits per heavy atom. The first-order chi connectivity index (χ1) is 18.4. The second-order valence-corrected chi connectivity index (χ2v) is 11.5. The summed E-state index contributed by atoms with van der Waals surface area (Å²) in [4.78, 5) is 29.6. The van der Waals surface area contributed by atoms with E-state index in [4.69, 9.17) is 18.9 Å². The van der Waals surface area contributed by atoms with Crippen molar-refractivity contribution in [3.8, 4) is 11.5 Å². The van der Waals surface area contributed by atoms with Crippen molar-refractivity contribution in [1.29, 1.82) is 0 Å². The van der Waals surface area contributed by atoms with Gasteiger partial charge in [-0.25, -0.2) is 9.59 Å². The van der Waals surface area contributed by atoms with Crippen LogP contribution in [0.5, 0.6) is 11.5 Å². The number of nitrogens with one attached hydrogen (secondary N) is 1. The molecule has 39 heavy (non-hydrogen) atoms. The monoisotopic (exact) mass is 541 g/mol. The fraction of sp³-hybridized carbons (Fsp3) is 0.533. The number of rotatable bonds is 0. The quantitative estimate of drug-likeness (QED) is 0.489. The van der Waals surface area contributed by atoms with Gasteiger partial charge in [-0.15, -0.1) is 0 Å². The first-order valence-electron chi connectivity index (χ1n) is 13.5. The van der Waals surface area contributed by atoms with Gasteiger partial charge in [0.2, 0.25) is 0 Å². The summed E-state index contributed by atoms with van der Waals surface area (Å²) in [7, 11) is 0. The molecule has 0 aromatic heterocycles. The van der Waals surface area contributed by atoms with Crippen LogP contribution in [0.2, 0.25) is 0 Å². The molecule has 0 fully saturated rings. The number of fused-ring (bicyclic) bond motifs is 2. The van der Waals surface area contributed by atoms with Gasteiger partial charge >= 0.3 is 12.2 Å². The van der Waals surface area contributed by atoms with Crippen LogP contribution in [0.3, 0.4) is 0 Å². The molecule has 1 aliphatic heterocycles. The third kappa shape index (κ3) is 10.3. The minimum Gasteiger partial charge on any atom is -0.490 e. The topological polar surface area (TPSA) is 89.6 Å². The summed E-state index contributed by atoms with van der Waals surface area (Å²) in [6.45, 7) is 14.0. The Labute approximate surface area is 232 Å². The Kier molecular flexibility index (Phi) is 10.5. The third-order valence-corrected chi connectivity index (χ3v) is 5.72. The minimum atomic E-state index is -0.665. The van der Waals surface area contributed by atoms with Crippen LogP contribution < -0.4 is 14.8 Å². The van der Waals surface area contributed by atoms with Crippen molar-refractivity contribution in [2.45, 2.75) is 65.8 Å². The van der Waals surface area contributed by atoms with Crippen LogP contribution in [-0.4, -0.2) is 72.6 Å². The number of hydrogen-bond acceptors (Lipinski definition) is 7. The molecular formula is C30H43N3O6. The van der Waals surface area contributed by atoms with Crippen molar-refractivity contribution in [3.63, 3.8) is 0 Å². The van der Waals surface area contributed by atoms with E-state index >= 15 is 0 Å². The van der Waals surface area contributed by atoms with Crippen LogP contribution >= 0.6 is 0 Å². The molecule has 9 nitrogen and oxygen atoms in total. The van der Waals surface area contributed by atoms with E-state index in [2.05, 4.69) is 5.32 Å². The van der Waals surface area contributed by atoms with Gasteiger partial charge in [0.1, 0.15) is 35.9 Å². The van der Waals surface area contributed by atoms with Crippen LogP contribution in [0.25, 0.3) is 0 Å². The van der Waals surface area contributed by atoms with Gasteiger partial charge in [0.15, 0.2) is 0 Å². The minimum absolute atomic E-state index is 0.258. The van der Waals surface area contributed by atoms with Crippen molar-refractivity contribution < 1.29 is 28.5 Å². The fourth-order valence-corrected chi connectivity index (χ4v) is 3.94. The molecule has 1 N–H and O–H groups in total. The average molecular weight is 542 g/mol. The molecule has 0 bridgehead atoms. The highest BCUT2D eigenvalue weighted by Gasteiger charge is 2.27. The van der Waals surface area contributed by atoms with Gasteiger partial charge in [-0.3, -0.25) is 0 Å². The summed E-state index contributed by atoms with van der Waals surface area (Å²) < 4.78 is 23.5. The SMILES string of the molecule is CC(C)(C)OC(=O)N1CCNCc2ccccc2OCCOc2ccccc2CN(C(=O)OC(C)(C)C)CC1. The normalized spacial score (nSPS) is 16.1. The molecule has 3 rings (SSSR count). The Bertz CT molecular complexity index is 1090. The number of benzene rings is 2. The van der Waals surface area contributed by atoms with E-state index in [1.807, 2.05) is 90.1 Å². The summed E-state index contributed by atoms with van der Waals surface area (Å²) in [5.41, 5.74) is 0.539. The Balaban J connectivity index is 1.88. The lowest BCUT2D eigenvalue weighted by atomic mass is 10.2. The smallest absolute Gasteiger partial charge is 0.410 e. The van der Waals surface area contributed by atoms with Gasteiger partial charge < -0.3 is 34.1 Å². The second-order valence-electron chi connectivity index (χ2n) is 11.5. The Morgan fingerprint density at radius 3 is 1.79 bits per heavy atom. The lowest BCUT2D eigenvalue weighted by Crippen LogP contribution is -2.46. The van der Waals surface area contributed by atoms with Crippen LogP contribution in [0.15, 0.2) is 48.5 Å². The van der Waals surface area contributed by atoms with E-state index < -0.39 is 23.4 Å². The van der Waals surface area contributed by atoms with Gasteiger partial charge in [-0.05, 0) is 53.7 Å². The third-order valence-electron chi connectivity index (χ3n) is 5.72. The molecule has 0 aliphatic carbocycles. The molecule has 0 atom stereocenters. The molecule has 0 saturated carbocycles. The molecule has 1 heterocycles. The lowest BCUT2D eigenvalue weighted by Gasteiger charge is -2.31. The summed E-state index contributed by atoms with van der Waals surface area (Å²) >= 11 is 0. The first kappa shape index (κ1) is 30.1. The zero-order valence-corrected chi connectivity index (χ0v) is 24.1. The predicted octanol–water partition coefficient (Wildman–Crippen LogP) is 5.22. The fourth-order valence-electron chi connectivity index (χ4n) is 3.94. The number of hydrogen-bond donors (Lipinski definition) is 1. The maximum atomic E-state index is 13.2. The van der Waals surface area contributed by atoms with Gasteiger partial charge in [-0.1, -0.05) is 36.4 Å². The molecule has 9 heteroatoms. The molecule has 0 unspecified atom stereocenters. The largest absolute Gasteiger partial charge is 0.490 e. The Morgan fingerprint density at radius 2 is 1.21 bits per heavy atom. The van der Waals surface area contributed by atoms with Crippen LogP contribution in [0.1, 0.15) is 52.7 Å². The van der Waals surface area contributed by atoms with Crippen molar-refractivity contribution in [3.05, 3.63) is 59.7 Å². The molecule has 2 amide bonds. The molecule has 2 aromatic carbocycles. The number of para-hydroxylation sites is 2. The highest BCUT2D eigenvalue weighted by molar-refractivity contribution is 5.69. The maximum absolute atomic E-state index is 13.2. The maximum Gasteiger partial charge on any atom is 0.410 e. The van der Waals surface area contributed by atoms with Crippen molar-refractivity contribution in [1.82, 2.24) is 15.1 Å². The second kappa shape index (κ2) is 13.6. The molecule has 0 spiro atoms. The summed E-state index contributed by atoms with van der Waals surface area (Å²) in [6.07, 6.45) is -0.893. The van der Waals surface area contributed by atoms with E-state index in [0.29, 0.717) is 38.6 Å².